The maximum Gasteiger partial charge on any atom is 0.230 e. The first-order valence-electron chi connectivity index (χ1n) is 10.3. The van der Waals surface area contributed by atoms with Crippen molar-refractivity contribution in [2.45, 2.75) is 44.4 Å². The van der Waals surface area contributed by atoms with Crippen LogP contribution in [0.4, 0.5) is 4.39 Å². The lowest BCUT2D eigenvalue weighted by molar-refractivity contribution is -0.119. The number of halogens is 1. The number of rotatable bonds is 10. The normalized spacial score (nSPS) is 11.9. The molecule has 0 fully saturated rings. The van der Waals surface area contributed by atoms with E-state index in [1.165, 1.54) is 23.9 Å². The predicted molar refractivity (Wildman–Crippen MR) is 121 cm³/mol. The van der Waals surface area contributed by atoms with E-state index in [0.717, 1.165) is 42.1 Å². The average molecular weight is 443 g/mol. The van der Waals surface area contributed by atoms with Crippen LogP contribution in [0.5, 0.6) is 5.75 Å². The molecule has 1 amide bonds. The minimum atomic E-state index is -0.295. The van der Waals surface area contributed by atoms with Crippen LogP contribution < -0.4 is 10.1 Å². The number of amides is 1. The van der Waals surface area contributed by atoms with E-state index >= 15 is 0 Å². The summed E-state index contributed by atoms with van der Waals surface area (Å²) in [5.74, 6) is 1.37. The highest BCUT2D eigenvalue weighted by Gasteiger charge is 2.17. The van der Waals surface area contributed by atoms with Crippen molar-refractivity contribution in [2.75, 3.05) is 12.9 Å². The van der Waals surface area contributed by atoms with Gasteiger partial charge < -0.3 is 14.6 Å². The van der Waals surface area contributed by atoms with E-state index in [2.05, 4.69) is 27.0 Å². The molecule has 0 saturated carbocycles. The maximum atomic E-state index is 13.1. The second kappa shape index (κ2) is 10.9. The van der Waals surface area contributed by atoms with Crippen molar-refractivity contribution in [3.63, 3.8) is 0 Å². The molecule has 0 bridgehead atoms. The molecule has 2 aromatic carbocycles. The zero-order valence-electron chi connectivity index (χ0n) is 18.0. The highest BCUT2D eigenvalue weighted by Crippen LogP contribution is 2.26. The molecule has 8 heteroatoms. The fourth-order valence-electron chi connectivity index (χ4n) is 3.11. The molecule has 0 radical (unpaired) electrons. The second-order valence-electron chi connectivity index (χ2n) is 7.17. The number of unbranched alkanes of at least 4 members (excludes halogenated alkanes) is 1. The number of nitrogens with one attached hydrogen (secondary N) is 1. The smallest absolute Gasteiger partial charge is 0.230 e. The third-order valence-corrected chi connectivity index (χ3v) is 5.85. The van der Waals surface area contributed by atoms with Gasteiger partial charge in [0.2, 0.25) is 5.91 Å². The minimum absolute atomic E-state index is 0.113. The van der Waals surface area contributed by atoms with Gasteiger partial charge in [0.05, 0.1) is 18.9 Å². The van der Waals surface area contributed by atoms with Crippen LogP contribution in [-0.4, -0.2) is 33.5 Å². The Morgan fingerprint density at radius 3 is 2.52 bits per heavy atom. The molecule has 1 unspecified atom stereocenters. The molecule has 1 aromatic heterocycles. The van der Waals surface area contributed by atoms with E-state index in [1.807, 2.05) is 31.2 Å². The monoisotopic (exact) mass is 442 g/mol. The van der Waals surface area contributed by atoms with E-state index in [1.54, 1.807) is 19.2 Å². The van der Waals surface area contributed by atoms with Crippen molar-refractivity contribution in [1.82, 2.24) is 20.1 Å². The first-order chi connectivity index (χ1) is 15.0. The van der Waals surface area contributed by atoms with Gasteiger partial charge in [-0.15, -0.1) is 10.2 Å². The summed E-state index contributed by atoms with van der Waals surface area (Å²) in [6.45, 7) is 4.79. The van der Waals surface area contributed by atoms with Crippen LogP contribution in [0.2, 0.25) is 0 Å². The summed E-state index contributed by atoms with van der Waals surface area (Å²) in [6.07, 6.45) is 2.03. The van der Waals surface area contributed by atoms with Crippen LogP contribution in [0.25, 0.3) is 11.4 Å². The van der Waals surface area contributed by atoms with Crippen molar-refractivity contribution < 1.29 is 13.9 Å². The van der Waals surface area contributed by atoms with Crippen molar-refractivity contribution in [3.8, 4) is 17.1 Å². The Morgan fingerprint density at radius 2 is 1.87 bits per heavy atom. The largest absolute Gasteiger partial charge is 0.497 e. The first kappa shape index (κ1) is 22.8. The number of thioether (sulfide) groups is 1. The number of carbonyl (C=O) groups excluding carboxylic acids is 1. The number of aromatic nitrogens is 3. The van der Waals surface area contributed by atoms with Gasteiger partial charge in [-0.05, 0) is 55.3 Å². The molecule has 1 N–H and O–H groups in total. The van der Waals surface area contributed by atoms with Crippen molar-refractivity contribution >= 4 is 17.7 Å². The lowest BCUT2D eigenvalue weighted by atomic mass is 10.1. The van der Waals surface area contributed by atoms with E-state index in [9.17, 15) is 9.18 Å². The quantitative estimate of drug-likeness (QED) is 0.454. The number of hydrogen-bond acceptors (Lipinski definition) is 5. The molecular formula is C23H27FN4O2S. The Labute approximate surface area is 186 Å². The van der Waals surface area contributed by atoms with Gasteiger partial charge in [0.25, 0.3) is 0 Å². The summed E-state index contributed by atoms with van der Waals surface area (Å²) in [6, 6.07) is 13.6. The number of nitrogens with zero attached hydrogens (tertiary/aromatic N) is 3. The Balaban J connectivity index is 1.67. The molecule has 1 atom stereocenters. The summed E-state index contributed by atoms with van der Waals surface area (Å²) < 4.78 is 20.4. The molecular weight excluding hydrogens is 415 g/mol. The number of methoxy groups -OCH3 is 1. The Kier molecular flexibility index (Phi) is 8.06. The summed E-state index contributed by atoms with van der Waals surface area (Å²) in [5.41, 5.74) is 1.80. The van der Waals surface area contributed by atoms with Crippen LogP contribution >= 0.6 is 11.8 Å². The molecule has 0 aliphatic carbocycles. The number of carbonyl (C=O) groups is 1. The van der Waals surface area contributed by atoms with Crippen molar-refractivity contribution in [1.29, 1.82) is 0 Å². The Hall–Kier alpha value is -2.87. The number of ether oxygens (including phenoxy) is 1. The van der Waals surface area contributed by atoms with Gasteiger partial charge in [0, 0.05) is 12.1 Å². The predicted octanol–water partition coefficient (Wildman–Crippen LogP) is 4.86. The van der Waals surface area contributed by atoms with Gasteiger partial charge in [-0.25, -0.2) is 4.39 Å². The number of benzene rings is 2. The highest BCUT2D eigenvalue weighted by molar-refractivity contribution is 7.99. The standard InChI is InChI=1S/C23H27FN4O2S/c1-4-5-14-28-22(18-8-12-20(30-3)13-9-18)26-27-23(28)31-15-21(29)25-16(2)17-6-10-19(24)11-7-17/h6-13,16H,4-5,14-15H2,1-3H3,(H,25,29). The van der Waals surface area contributed by atoms with Crippen LogP contribution in [0, 0.1) is 5.82 Å². The van der Waals surface area contributed by atoms with Gasteiger partial charge >= 0.3 is 0 Å². The Morgan fingerprint density at radius 1 is 1.16 bits per heavy atom. The molecule has 164 valence electrons. The Bertz CT molecular complexity index is 990. The fraction of sp³-hybridized carbons (Fsp3) is 0.348. The van der Waals surface area contributed by atoms with Crippen molar-refractivity contribution in [3.05, 3.63) is 59.9 Å². The van der Waals surface area contributed by atoms with E-state index < -0.39 is 0 Å². The first-order valence-corrected chi connectivity index (χ1v) is 11.3. The SMILES string of the molecule is CCCCn1c(SCC(=O)NC(C)c2ccc(F)cc2)nnc1-c1ccc(OC)cc1. The summed E-state index contributed by atoms with van der Waals surface area (Å²) >= 11 is 1.36. The molecule has 0 saturated heterocycles. The van der Waals surface area contributed by atoms with Gasteiger partial charge in [0.1, 0.15) is 11.6 Å². The third-order valence-electron chi connectivity index (χ3n) is 4.88. The molecule has 0 aliphatic heterocycles. The van der Waals surface area contributed by atoms with Gasteiger partial charge in [-0.3, -0.25) is 4.79 Å². The second-order valence-corrected chi connectivity index (χ2v) is 8.11. The minimum Gasteiger partial charge on any atom is -0.497 e. The third kappa shape index (κ3) is 6.07. The molecule has 0 aliphatic rings. The molecule has 6 nitrogen and oxygen atoms in total. The lowest BCUT2D eigenvalue weighted by Crippen LogP contribution is -2.28. The zero-order valence-corrected chi connectivity index (χ0v) is 18.8. The van der Waals surface area contributed by atoms with Crippen LogP contribution in [-0.2, 0) is 11.3 Å². The topological polar surface area (TPSA) is 69.0 Å². The van der Waals surface area contributed by atoms with Gasteiger partial charge in [-0.2, -0.15) is 0 Å². The molecule has 3 aromatic rings. The fourth-order valence-corrected chi connectivity index (χ4v) is 3.89. The molecule has 1 heterocycles. The maximum absolute atomic E-state index is 13.1. The van der Waals surface area contributed by atoms with Gasteiger partial charge in [0.15, 0.2) is 11.0 Å². The van der Waals surface area contributed by atoms with Gasteiger partial charge in [-0.1, -0.05) is 37.2 Å². The van der Waals surface area contributed by atoms with Crippen LogP contribution in [0.3, 0.4) is 0 Å². The van der Waals surface area contributed by atoms with E-state index in [4.69, 9.17) is 4.74 Å². The average Bonchev–Trinajstić information content (AvgIpc) is 3.19. The van der Waals surface area contributed by atoms with E-state index in [-0.39, 0.29) is 23.5 Å². The summed E-state index contributed by atoms with van der Waals surface area (Å²) in [5, 5.41) is 12.4. The highest BCUT2D eigenvalue weighted by atomic mass is 32.2. The van der Waals surface area contributed by atoms with Crippen molar-refractivity contribution in [2.24, 2.45) is 0 Å². The zero-order chi connectivity index (χ0) is 22.2. The molecule has 3 rings (SSSR count). The van der Waals surface area contributed by atoms with Crippen LogP contribution in [0.15, 0.2) is 53.7 Å². The van der Waals surface area contributed by atoms with E-state index in [0.29, 0.717) is 5.16 Å². The lowest BCUT2D eigenvalue weighted by Gasteiger charge is -2.14. The molecule has 0 spiro atoms. The number of hydrogen-bond donors (Lipinski definition) is 1. The summed E-state index contributed by atoms with van der Waals surface area (Å²) in [4.78, 5) is 12.5. The summed E-state index contributed by atoms with van der Waals surface area (Å²) in [7, 11) is 1.63. The van der Waals surface area contributed by atoms with Crippen LogP contribution in [0.1, 0.15) is 38.3 Å². The molecule has 31 heavy (non-hydrogen) atoms.